The molecular weight excluding hydrogens is 282 g/mol. The summed E-state index contributed by atoms with van der Waals surface area (Å²) in [6.45, 7) is 4.10. The van der Waals surface area contributed by atoms with E-state index in [9.17, 15) is 4.79 Å². The van der Waals surface area contributed by atoms with E-state index in [4.69, 9.17) is 0 Å². The fourth-order valence-electron chi connectivity index (χ4n) is 3.36. The van der Waals surface area contributed by atoms with Gasteiger partial charge in [-0.25, -0.2) is 0 Å². The molecule has 120 valence electrons. The summed E-state index contributed by atoms with van der Waals surface area (Å²) in [6, 6.07) is 20.8. The Morgan fingerprint density at radius 2 is 1.43 bits per heavy atom. The highest BCUT2D eigenvalue weighted by Gasteiger charge is 2.24. The molecule has 0 aromatic heterocycles. The van der Waals surface area contributed by atoms with Crippen molar-refractivity contribution in [2.45, 2.75) is 32.1 Å². The number of hydrogen-bond acceptors (Lipinski definition) is 1. The number of benzene rings is 2. The molecule has 23 heavy (non-hydrogen) atoms. The second-order valence-electron chi connectivity index (χ2n) is 6.64. The van der Waals surface area contributed by atoms with Crippen LogP contribution in [-0.4, -0.2) is 23.9 Å². The molecule has 1 aliphatic heterocycles. The van der Waals surface area contributed by atoms with Crippen molar-refractivity contribution in [3.63, 3.8) is 0 Å². The molecule has 2 heteroatoms. The van der Waals surface area contributed by atoms with E-state index in [1.54, 1.807) is 0 Å². The smallest absolute Gasteiger partial charge is 0.223 e. The zero-order chi connectivity index (χ0) is 16.1. The molecule has 0 radical (unpaired) electrons. The van der Waals surface area contributed by atoms with Gasteiger partial charge >= 0.3 is 0 Å². The van der Waals surface area contributed by atoms with E-state index in [1.807, 2.05) is 12.1 Å². The van der Waals surface area contributed by atoms with E-state index in [0.717, 1.165) is 31.8 Å². The predicted molar refractivity (Wildman–Crippen MR) is 94.3 cm³/mol. The molecule has 2 aromatic rings. The number of rotatable bonds is 4. The maximum atomic E-state index is 12.8. The van der Waals surface area contributed by atoms with Crippen LogP contribution < -0.4 is 0 Å². The number of likely N-dealkylation sites (tertiary alicyclic amines) is 1. The first kappa shape index (κ1) is 15.8. The number of hydrogen-bond donors (Lipinski definition) is 0. The van der Waals surface area contributed by atoms with Crippen molar-refractivity contribution in [1.29, 1.82) is 0 Å². The predicted octanol–water partition coefficient (Wildman–Crippen LogP) is 4.47. The summed E-state index contributed by atoms with van der Waals surface area (Å²) in [4.78, 5) is 14.8. The fraction of sp³-hybridized carbons (Fsp3) is 0.381. The molecule has 2 nitrogen and oxygen atoms in total. The average molecular weight is 307 g/mol. The summed E-state index contributed by atoms with van der Waals surface area (Å²) in [5.41, 5.74) is 2.44. The zero-order valence-electron chi connectivity index (χ0n) is 13.8. The molecule has 0 spiro atoms. The number of carbonyl (C=O) groups is 1. The van der Waals surface area contributed by atoms with Crippen LogP contribution in [0, 0.1) is 5.92 Å². The van der Waals surface area contributed by atoms with Gasteiger partial charge in [-0.15, -0.1) is 0 Å². The van der Waals surface area contributed by atoms with Crippen LogP contribution >= 0.6 is 0 Å². The van der Waals surface area contributed by atoms with Crippen molar-refractivity contribution in [1.82, 2.24) is 4.90 Å². The highest BCUT2D eigenvalue weighted by atomic mass is 16.2. The quantitative estimate of drug-likeness (QED) is 0.816. The second kappa shape index (κ2) is 7.45. The first-order chi connectivity index (χ1) is 11.2. The van der Waals surface area contributed by atoms with Crippen molar-refractivity contribution in [2.75, 3.05) is 13.1 Å². The summed E-state index contributed by atoms with van der Waals surface area (Å²) in [5.74, 6) is 1.18. The van der Waals surface area contributed by atoms with Crippen LogP contribution in [0.1, 0.15) is 43.2 Å². The largest absolute Gasteiger partial charge is 0.343 e. The minimum atomic E-state index is 0.143. The molecule has 2 aromatic carbocycles. The molecule has 1 heterocycles. The van der Waals surface area contributed by atoms with Gasteiger partial charge in [-0.05, 0) is 29.9 Å². The summed E-state index contributed by atoms with van der Waals surface area (Å²) in [7, 11) is 0. The van der Waals surface area contributed by atoms with Crippen molar-refractivity contribution in [3.8, 4) is 0 Å². The Hall–Kier alpha value is -2.09. The molecule has 1 amide bonds. The Kier molecular flexibility index (Phi) is 5.12. The fourth-order valence-corrected chi connectivity index (χ4v) is 3.36. The number of nitrogens with zero attached hydrogens (tertiary/aromatic N) is 1. The van der Waals surface area contributed by atoms with Crippen molar-refractivity contribution < 1.29 is 4.79 Å². The van der Waals surface area contributed by atoms with Crippen LogP contribution in [0.25, 0.3) is 0 Å². The minimum absolute atomic E-state index is 0.143. The summed E-state index contributed by atoms with van der Waals surface area (Å²) in [6.07, 6.45) is 2.82. The van der Waals surface area contributed by atoms with Crippen LogP contribution in [0.3, 0.4) is 0 Å². The van der Waals surface area contributed by atoms with Gasteiger partial charge < -0.3 is 4.90 Å². The molecule has 0 unspecified atom stereocenters. The summed E-state index contributed by atoms with van der Waals surface area (Å²) in [5, 5.41) is 0. The van der Waals surface area contributed by atoms with Crippen molar-refractivity contribution >= 4 is 5.91 Å². The molecule has 1 aliphatic rings. The second-order valence-corrected chi connectivity index (χ2v) is 6.64. The lowest BCUT2D eigenvalue weighted by Crippen LogP contribution is -2.38. The van der Waals surface area contributed by atoms with Crippen LogP contribution in [0.15, 0.2) is 60.7 Å². The third-order valence-corrected chi connectivity index (χ3v) is 4.92. The van der Waals surface area contributed by atoms with E-state index >= 15 is 0 Å². The van der Waals surface area contributed by atoms with Crippen molar-refractivity contribution in [3.05, 3.63) is 71.8 Å². The van der Waals surface area contributed by atoms with Gasteiger partial charge in [0.15, 0.2) is 0 Å². The Balaban J connectivity index is 1.78. The van der Waals surface area contributed by atoms with Gasteiger partial charge in [0.2, 0.25) is 5.91 Å². The number of amides is 1. The minimum Gasteiger partial charge on any atom is -0.343 e. The topological polar surface area (TPSA) is 20.3 Å². The molecule has 0 bridgehead atoms. The van der Waals surface area contributed by atoms with Crippen LogP contribution in [0.4, 0.5) is 0 Å². The average Bonchev–Trinajstić information content (AvgIpc) is 2.61. The lowest BCUT2D eigenvalue weighted by Gasteiger charge is -2.31. The Bertz CT molecular complexity index is 575. The van der Waals surface area contributed by atoms with E-state index in [2.05, 4.69) is 60.4 Å². The first-order valence-corrected chi connectivity index (χ1v) is 8.61. The zero-order valence-corrected chi connectivity index (χ0v) is 13.8. The molecule has 0 saturated carbocycles. The lowest BCUT2D eigenvalue weighted by molar-refractivity contribution is -0.132. The Morgan fingerprint density at radius 1 is 0.957 bits per heavy atom. The van der Waals surface area contributed by atoms with E-state index in [-0.39, 0.29) is 11.8 Å². The van der Waals surface area contributed by atoms with Gasteiger partial charge in [0.05, 0.1) is 0 Å². The SMILES string of the molecule is CC1CCN(C(=O)CC(c2ccccc2)c2ccccc2)CC1. The number of carbonyl (C=O) groups excluding carboxylic acids is 1. The van der Waals surface area contributed by atoms with Gasteiger partial charge in [0.25, 0.3) is 0 Å². The maximum absolute atomic E-state index is 12.8. The molecule has 1 saturated heterocycles. The van der Waals surface area contributed by atoms with E-state index in [1.165, 1.54) is 11.1 Å². The first-order valence-electron chi connectivity index (χ1n) is 8.61. The van der Waals surface area contributed by atoms with Gasteiger partial charge in [0.1, 0.15) is 0 Å². The highest BCUT2D eigenvalue weighted by molar-refractivity contribution is 5.78. The third kappa shape index (κ3) is 4.01. The molecule has 0 N–H and O–H groups in total. The monoisotopic (exact) mass is 307 g/mol. The van der Waals surface area contributed by atoms with Gasteiger partial charge in [0, 0.05) is 25.4 Å². The maximum Gasteiger partial charge on any atom is 0.223 e. The molecule has 0 aliphatic carbocycles. The Morgan fingerprint density at radius 3 is 1.91 bits per heavy atom. The molecule has 1 fully saturated rings. The highest BCUT2D eigenvalue weighted by Crippen LogP contribution is 2.29. The van der Waals surface area contributed by atoms with Gasteiger partial charge in [-0.1, -0.05) is 67.6 Å². The van der Waals surface area contributed by atoms with Gasteiger partial charge in [-0.3, -0.25) is 4.79 Å². The third-order valence-electron chi connectivity index (χ3n) is 4.92. The Labute approximate surface area is 139 Å². The standard InChI is InChI=1S/C21H25NO/c1-17-12-14-22(15-13-17)21(23)16-20(18-8-4-2-5-9-18)19-10-6-3-7-11-19/h2-11,17,20H,12-16H2,1H3. The van der Waals surface area contributed by atoms with Crippen LogP contribution in [0.2, 0.25) is 0 Å². The molecular formula is C21H25NO. The van der Waals surface area contributed by atoms with Crippen LogP contribution in [-0.2, 0) is 4.79 Å². The normalized spacial score (nSPS) is 15.8. The lowest BCUT2D eigenvalue weighted by atomic mass is 9.87. The summed E-state index contributed by atoms with van der Waals surface area (Å²) < 4.78 is 0. The van der Waals surface area contributed by atoms with Gasteiger partial charge in [-0.2, -0.15) is 0 Å². The van der Waals surface area contributed by atoms with Crippen LogP contribution in [0.5, 0.6) is 0 Å². The summed E-state index contributed by atoms with van der Waals surface area (Å²) >= 11 is 0. The molecule has 0 atom stereocenters. The van der Waals surface area contributed by atoms with E-state index in [0.29, 0.717) is 6.42 Å². The van der Waals surface area contributed by atoms with E-state index < -0.39 is 0 Å². The van der Waals surface area contributed by atoms with Crippen molar-refractivity contribution in [2.24, 2.45) is 5.92 Å². The number of piperidine rings is 1. The molecule has 3 rings (SSSR count).